The van der Waals surface area contributed by atoms with Crippen molar-refractivity contribution in [1.29, 1.82) is 0 Å². The van der Waals surface area contributed by atoms with E-state index in [4.69, 9.17) is 4.52 Å². The van der Waals surface area contributed by atoms with E-state index in [1.54, 1.807) is 34.0 Å². The Balaban J connectivity index is 1.54. The lowest BCUT2D eigenvalue weighted by Gasteiger charge is -1.89. The van der Waals surface area contributed by atoms with Gasteiger partial charge in [0.1, 0.15) is 5.01 Å². The summed E-state index contributed by atoms with van der Waals surface area (Å²) in [4.78, 5) is 11.2. The van der Waals surface area contributed by atoms with Gasteiger partial charge in [0.05, 0.1) is 21.9 Å². The van der Waals surface area contributed by atoms with Gasteiger partial charge >= 0.3 is 0 Å². The van der Waals surface area contributed by atoms with Crippen molar-refractivity contribution in [1.82, 2.24) is 15.1 Å². The fourth-order valence-corrected chi connectivity index (χ4v) is 4.09. The molecule has 0 amide bonds. The maximum atomic E-state index is 5.31. The van der Waals surface area contributed by atoms with E-state index in [1.807, 2.05) is 23.6 Å². The number of aromatic nitrogens is 3. The van der Waals surface area contributed by atoms with Crippen molar-refractivity contribution in [2.75, 3.05) is 0 Å². The highest BCUT2D eigenvalue weighted by Crippen LogP contribution is 2.27. The van der Waals surface area contributed by atoms with Crippen LogP contribution in [0, 0.1) is 0 Å². The molecular formula is C14H9N3OS3. The van der Waals surface area contributed by atoms with Crippen LogP contribution in [0.1, 0.15) is 10.9 Å². The molecule has 0 radical (unpaired) electrons. The van der Waals surface area contributed by atoms with Gasteiger partial charge in [-0.05, 0) is 22.9 Å². The molecule has 7 heteroatoms. The number of nitrogens with zero attached hydrogens (tertiary/aromatic N) is 3. The zero-order valence-electron chi connectivity index (χ0n) is 10.7. The van der Waals surface area contributed by atoms with Gasteiger partial charge in [-0.2, -0.15) is 4.98 Å². The molecule has 104 valence electrons. The van der Waals surface area contributed by atoms with Crippen LogP contribution in [0.3, 0.4) is 0 Å². The van der Waals surface area contributed by atoms with Gasteiger partial charge in [0.15, 0.2) is 0 Å². The van der Waals surface area contributed by atoms with E-state index in [2.05, 4.69) is 32.0 Å². The zero-order valence-corrected chi connectivity index (χ0v) is 13.2. The first-order valence-corrected chi connectivity index (χ1v) is 8.87. The van der Waals surface area contributed by atoms with Crippen LogP contribution in [-0.2, 0) is 6.42 Å². The van der Waals surface area contributed by atoms with Gasteiger partial charge < -0.3 is 4.52 Å². The van der Waals surface area contributed by atoms with Crippen LogP contribution in [0.15, 0.2) is 44.9 Å². The van der Waals surface area contributed by atoms with Crippen LogP contribution in [0.4, 0.5) is 0 Å². The first kappa shape index (κ1) is 12.9. The van der Waals surface area contributed by atoms with Gasteiger partial charge in [-0.25, -0.2) is 4.98 Å². The summed E-state index contributed by atoms with van der Waals surface area (Å²) in [6.07, 6.45) is 0.578. The van der Waals surface area contributed by atoms with Crippen LogP contribution in [0.25, 0.3) is 21.3 Å². The third kappa shape index (κ3) is 2.67. The molecule has 4 aromatic rings. The Morgan fingerprint density at radius 1 is 0.952 bits per heavy atom. The second kappa shape index (κ2) is 5.51. The molecule has 4 heterocycles. The van der Waals surface area contributed by atoms with E-state index >= 15 is 0 Å². The molecule has 0 spiro atoms. The Morgan fingerprint density at radius 3 is 2.52 bits per heavy atom. The Morgan fingerprint density at radius 2 is 1.76 bits per heavy atom. The summed E-state index contributed by atoms with van der Waals surface area (Å²) in [5, 5.41) is 11.1. The Kier molecular flexibility index (Phi) is 3.38. The standard InChI is InChI=1S/C14H9N3OS3/c1-3-10(19-5-1)9-8-21-13(15-9)7-12-16-14(17-18-12)11-4-2-6-20-11/h1-6,8H,7H2. The molecule has 4 aromatic heterocycles. The normalized spacial score (nSPS) is 11.0. The van der Waals surface area contributed by atoms with E-state index in [1.165, 1.54) is 4.88 Å². The van der Waals surface area contributed by atoms with Crippen LogP contribution in [0.2, 0.25) is 0 Å². The third-order valence-electron chi connectivity index (χ3n) is 2.84. The van der Waals surface area contributed by atoms with E-state index in [9.17, 15) is 0 Å². The topological polar surface area (TPSA) is 51.8 Å². The molecule has 0 aliphatic heterocycles. The molecule has 0 N–H and O–H groups in total. The predicted molar refractivity (Wildman–Crippen MR) is 85.8 cm³/mol. The Bertz CT molecular complexity index is 760. The first-order valence-electron chi connectivity index (χ1n) is 6.23. The number of hydrogen-bond donors (Lipinski definition) is 0. The maximum absolute atomic E-state index is 5.31. The molecule has 0 unspecified atom stereocenters. The summed E-state index contributed by atoms with van der Waals surface area (Å²) in [6.45, 7) is 0. The maximum Gasteiger partial charge on any atom is 0.233 e. The van der Waals surface area contributed by atoms with Gasteiger partial charge in [0.25, 0.3) is 0 Å². The fraction of sp³-hybridized carbons (Fsp3) is 0.0714. The Labute approximate surface area is 132 Å². The van der Waals surface area contributed by atoms with Gasteiger partial charge in [0, 0.05) is 5.38 Å². The van der Waals surface area contributed by atoms with Crippen molar-refractivity contribution in [3.8, 4) is 21.3 Å². The van der Waals surface area contributed by atoms with Crippen LogP contribution in [0.5, 0.6) is 0 Å². The minimum atomic E-state index is 0.578. The average Bonchev–Trinajstić information content (AvgIpc) is 3.28. The van der Waals surface area contributed by atoms with E-state index < -0.39 is 0 Å². The predicted octanol–water partition coefficient (Wildman–Crippen LogP) is 4.57. The van der Waals surface area contributed by atoms with E-state index in [0.29, 0.717) is 18.1 Å². The molecule has 0 aliphatic carbocycles. The van der Waals surface area contributed by atoms with Crippen LogP contribution < -0.4 is 0 Å². The summed E-state index contributed by atoms with van der Waals surface area (Å²) in [6, 6.07) is 8.07. The van der Waals surface area contributed by atoms with Gasteiger partial charge in [0.2, 0.25) is 11.7 Å². The van der Waals surface area contributed by atoms with Crippen LogP contribution >= 0.6 is 34.0 Å². The highest BCUT2D eigenvalue weighted by atomic mass is 32.1. The lowest BCUT2D eigenvalue weighted by atomic mass is 10.4. The summed E-state index contributed by atoms with van der Waals surface area (Å²) in [5.74, 6) is 1.25. The minimum Gasteiger partial charge on any atom is -0.338 e. The molecule has 0 bridgehead atoms. The van der Waals surface area contributed by atoms with E-state index in [0.717, 1.165) is 15.6 Å². The quantitative estimate of drug-likeness (QED) is 0.549. The van der Waals surface area contributed by atoms with Crippen molar-refractivity contribution in [2.24, 2.45) is 0 Å². The zero-order chi connectivity index (χ0) is 14.1. The molecular weight excluding hydrogens is 322 g/mol. The van der Waals surface area contributed by atoms with E-state index in [-0.39, 0.29) is 0 Å². The van der Waals surface area contributed by atoms with Crippen molar-refractivity contribution in [3.63, 3.8) is 0 Å². The summed E-state index contributed by atoms with van der Waals surface area (Å²) < 4.78 is 5.31. The molecule has 0 aromatic carbocycles. The molecule has 0 atom stereocenters. The van der Waals surface area contributed by atoms with Crippen molar-refractivity contribution in [2.45, 2.75) is 6.42 Å². The third-order valence-corrected chi connectivity index (χ3v) is 5.44. The molecule has 0 saturated carbocycles. The highest BCUT2D eigenvalue weighted by Gasteiger charge is 2.12. The summed E-state index contributed by atoms with van der Waals surface area (Å²) >= 11 is 4.91. The van der Waals surface area contributed by atoms with Gasteiger partial charge in [-0.3, -0.25) is 0 Å². The largest absolute Gasteiger partial charge is 0.338 e. The lowest BCUT2D eigenvalue weighted by molar-refractivity contribution is 0.385. The molecule has 0 aliphatic rings. The smallest absolute Gasteiger partial charge is 0.233 e. The highest BCUT2D eigenvalue weighted by molar-refractivity contribution is 7.14. The minimum absolute atomic E-state index is 0.578. The van der Waals surface area contributed by atoms with Gasteiger partial charge in [-0.15, -0.1) is 34.0 Å². The molecule has 0 saturated heterocycles. The SMILES string of the molecule is c1csc(-c2csc(Cc3nc(-c4cccs4)no3)n2)c1. The molecule has 4 nitrogen and oxygen atoms in total. The number of rotatable bonds is 4. The summed E-state index contributed by atoms with van der Waals surface area (Å²) in [5.41, 5.74) is 1.02. The Hall–Kier alpha value is -1.83. The molecule has 21 heavy (non-hydrogen) atoms. The van der Waals surface area contributed by atoms with Crippen molar-refractivity contribution >= 4 is 34.0 Å². The van der Waals surface area contributed by atoms with Crippen LogP contribution in [-0.4, -0.2) is 15.1 Å². The van der Waals surface area contributed by atoms with Crippen molar-refractivity contribution < 1.29 is 4.52 Å². The number of thiophene rings is 2. The molecule has 4 rings (SSSR count). The second-order valence-electron chi connectivity index (χ2n) is 4.27. The summed E-state index contributed by atoms with van der Waals surface area (Å²) in [7, 11) is 0. The number of hydrogen-bond acceptors (Lipinski definition) is 7. The first-order chi connectivity index (χ1) is 10.4. The molecule has 0 fully saturated rings. The van der Waals surface area contributed by atoms with Crippen molar-refractivity contribution in [3.05, 3.63) is 51.3 Å². The monoisotopic (exact) mass is 331 g/mol. The second-order valence-corrected chi connectivity index (χ2v) is 7.11. The lowest BCUT2D eigenvalue weighted by Crippen LogP contribution is -1.87. The fourth-order valence-electron chi connectivity index (χ4n) is 1.89. The average molecular weight is 331 g/mol. The number of thiazole rings is 1. The van der Waals surface area contributed by atoms with Gasteiger partial charge in [-0.1, -0.05) is 17.3 Å².